The summed E-state index contributed by atoms with van der Waals surface area (Å²) in [5.41, 5.74) is 1.43. The van der Waals surface area contributed by atoms with Crippen molar-refractivity contribution in [3.8, 4) is 0 Å². The van der Waals surface area contributed by atoms with Crippen molar-refractivity contribution < 1.29 is 0 Å². The summed E-state index contributed by atoms with van der Waals surface area (Å²) in [5.74, 6) is 0. The molecule has 0 aliphatic carbocycles. The van der Waals surface area contributed by atoms with Gasteiger partial charge < -0.3 is 0 Å². The van der Waals surface area contributed by atoms with E-state index in [1.54, 1.807) is 0 Å². The van der Waals surface area contributed by atoms with Gasteiger partial charge in [-0.3, -0.25) is 0 Å². The highest BCUT2D eigenvalue weighted by atomic mass is 15.1. The number of aryl methyl sites for hydroxylation is 1. The second-order valence-electron chi connectivity index (χ2n) is 7.80. The number of hydrogen-bond donors (Lipinski definition) is 0. The van der Waals surface area contributed by atoms with Gasteiger partial charge in [-0.25, -0.2) is 0 Å². The molecule has 0 saturated carbocycles. The van der Waals surface area contributed by atoms with Crippen LogP contribution < -0.4 is 0 Å². The van der Waals surface area contributed by atoms with Crippen LogP contribution >= 0.6 is 0 Å². The Kier molecular flexibility index (Phi) is 11.0. The highest BCUT2D eigenvalue weighted by molar-refractivity contribution is 5.81. The highest BCUT2D eigenvalue weighted by Crippen LogP contribution is 2.17. The molecule has 0 amide bonds. The van der Waals surface area contributed by atoms with Crippen molar-refractivity contribution in [2.24, 2.45) is 0 Å². The second-order valence-corrected chi connectivity index (χ2v) is 7.80. The van der Waals surface area contributed by atoms with Crippen LogP contribution in [0.25, 0.3) is 10.8 Å². The maximum Gasteiger partial charge on any atom is 0.0574 e. The number of hydrogen-bond acceptors (Lipinski definition) is 2. The first-order valence-electron chi connectivity index (χ1n) is 11.1. The average molecular weight is 355 g/mol. The number of aromatic nitrogens is 2. The molecule has 0 spiro atoms. The third kappa shape index (κ3) is 8.78. The quantitative estimate of drug-likeness (QED) is 0.307. The Balaban J connectivity index is 1.40. The number of nitrogens with zero attached hydrogens (tertiary/aromatic N) is 2. The van der Waals surface area contributed by atoms with Crippen molar-refractivity contribution in [1.29, 1.82) is 0 Å². The number of fused-ring (bicyclic) bond motifs is 1. The fourth-order valence-electron chi connectivity index (χ4n) is 3.72. The normalized spacial score (nSPS) is 11.3. The lowest BCUT2D eigenvalue weighted by molar-refractivity contribution is 0.535. The van der Waals surface area contributed by atoms with E-state index in [0.717, 1.165) is 0 Å². The van der Waals surface area contributed by atoms with E-state index in [1.165, 1.54) is 113 Å². The summed E-state index contributed by atoms with van der Waals surface area (Å²) in [6, 6.07) is 6.68. The third-order valence-corrected chi connectivity index (χ3v) is 5.43. The minimum absolute atomic E-state index is 1.18. The maximum absolute atomic E-state index is 3.98. The highest BCUT2D eigenvalue weighted by Gasteiger charge is 1.98. The van der Waals surface area contributed by atoms with E-state index in [-0.39, 0.29) is 0 Å². The van der Waals surface area contributed by atoms with Crippen molar-refractivity contribution in [3.05, 3.63) is 36.2 Å². The van der Waals surface area contributed by atoms with Crippen molar-refractivity contribution in [3.63, 3.8) is 0 Å². The zero-order valence-corrected chi connectivity index (χ0v) is 16.9. The molecule has 0 fully saturated rings. The Hall–Kier alpha value is -1.44. The molecule has 144 valence electrons. The maximum atomic E-state index is 3.98. The van der Waals surface area contributed by atoms with Crippen LogP contribution in [0.15, 0.2) is 30.6 Å². The Bertz CT molecular complexity index is 594. The Morgan fingerprint density at radius 3 is 1.65 bits per heavy atom. The van der Waals surface area contributed by atoms with Crippen LogP contribution in [-0.4, -0.2) is 10.2 Å². The van der Waals surface area contributed by atoms with Gasteiger partial charge in [0.2, 0.25) is 0 Å². The van der Waals surface area contributed by atoms with Gasteiger partial charge in [0.1, 0.15) is 0 Å². The SMILES string of the molecule is CCCCCCCCCCCCCCCCc1ccc2cnncc2c1. The van der Waals surface area contributed by atoms with Crippen molar-refractivity contribution in [2.45, 2.75) is 103 Å². The molecule has 26 heavy (non-hydrogen) atoms. The van der Waals surface area contributed by atoms with Crippen molar-refractivity contribution >= 4 is 10.8 Å². The van der Waals surface area contributed by atoms with Gasteiger partial charge in [-0.15, -0.1) is 0 Å². The third-order valence-electron chi connectivity index (χ3n) is 5.43. The smallest absolute Gasteiger partial charge is 0.0574 e. The summed E-state index contributed by atoms with van der Waals surface area (Å²) in [7, 11) is 0. The lowest BCUT2D eigenvalue weighted by atomic mass is 10.0. The lowest BCUT2D eigenvalue weighted by Crippen LogP contribution is -1.88. The second kappa shape index (κ2) is 13.7. The summed E-state index contributed by atoms with van der Waals surface area (Å²) in [5, 5.41) is 10.3. The molecule has 0 saturated heterocycles. The van der Waals surface area contributed by atoms with Gasteiger partial charge >= 0.3 is 0 Å². The monoisotopic (exact) mass is 354 g/mol. The first kappa shape index (κ1) is 20.9. The van der Waals surface area contributed by atoms with Crippen LogP contribution in [0, 0.1) is 0 Å². The average Bonchev–Trinajstić information content (AvgIpc) is 2.68. The fraction of sp³-hybridized carbons (Fsp3) is 0.667. The van der Waals surface area contributed by atoms with Crippen LogP contribution in [0.3, 0.4) is 0 Å². The molecule has 2 heteroatoms. The molecule has 1 aromatic heterocycles. The Morgan fingerprint density at radius 1 is 0.577 bits per heavy atom. The van der Waals surface area contributed by atoms with Gasteiger partial charge in [-0.2, -0.15) is 10.2 Å². The first-order chi connectivity index (χ1) is 12.9. The van der Waals surface area contributed by atoms with Crippen LogP contribution in [0.5, 0.6) is 0 Å². The van der Waals surface area contributed by atoms with Crippen LogP contribution in [0.1, 0.15) is 102 Å². The Labute approximate surface area is 160 Å². The molecule has 1 heterocycles. The molecule has 0 unspecified atom stereocenters. The topological polar surface area (TPSA) is 25.8 Å². The lowest BCUT2D eigenvalue weighted by Gasteiger charge is -2.04. The standard InChI is InChI=1S/C24H38N2/c1-2-3-4-5-6-7-8-9-10-11-12-13-14-15-16-22-17-18-23-20-25-26-21-24(23)19-22/h17-21H,2-16H2,1H3. The van der Waals surface area contributed by atoms with Gasteiger partial charge in [0, 0.05) is 10.8 Å². The van der Waals surface area contributed by atoms with E-state index >= 15 is 0 Å². The summed E-state index contributed by atoms with van der Waals surface area (Å²) in [6.07, 6.45) is 24.8. The molecule has 2 aromatic rings. The van der Waals surface area contributed by atoms with Gasteiger partial charge in [0.05, 0.1) is 12.4 Å². The van der Waals surface area contributed by atoms with Crippen molar-refractivity contribution in [2.75, 3.05) is 0 Å². The van der Waals surface area contributed by atoms with E-state index in [0.29, 0.717) is 0 Å². The number of benzene rings is 1. The summed E-state index contributed by atoms with van der Waals surface area (Å²) in [6.45, 7) is 2.29. The molecule has 0 bridgehead atoms. The van der Waals surface area contributed by atoms with Gasteiger partial charge in [-0.1, -0.05) is 103 Å². The number of unbranched alkanes of at least 4 members (excludes halogenated alkanes) is 13. The minimum atomic E-state index is 1.18. The van der Waals surface area contributed by atoms with Crippen LogP contribution in [0.2, 0.25) is 0 Å². The van der Waals surface area contributed by atoms with E-state index < -0.39 is 0 Å². The zero-order chi connectivity index (χ0) is 18.3. The predicted octanol–water partition coefficient (Wildman–Crippen LogP) is 7.65. The van der Waals surface area contributed by atoms with Crippen LogP contribution in [-0.2, 0) is 6.42 Å². The molecule has 2 rings (SSSR count). The van der Waals surface area contributed by atoms with E-state index in [2.05, 4.69) is 35.3 Å². The van der Waals surface area contributed by atoms with Crippen molar-refractivity contribution in [1.82, 2.24) is 10.2 Å². The predicted molar refractivity (Wildman–Crippen MR) is 114 cm³/mol. The van der Waals surface area contributed by atoms with Gasteiger partial charge in [-0.05, 0) is 24.5 Å². The fourth-order valence-corrected chi connectivity index (χ4v) is 3.72. The van der Waals surface area contributed by atoms with Gasteiger partial charge in [0.15, 0.2) is 0 Å². The molecule has 0 atom stereocenters. The molecular formula is C24H38N2. The zero-order valence-electron chi connectivity index (χ0n) is 16.9. The van der Waals surface area contributed by atoms with Crippen LogP contribution in [0.4, 0.5) is 0 Å². The summed E-state index contributed by atoms with van der Waals surface area (Å²) >= 11 is 0. The molecule has 2 nitrogen and oxygen atoms in total. The molecular weight excluding hydrogens is 316 g/mol. The van der Waals surface area contributed by atoms with E-state index in [4.69, 9.17) is 0 Å². The molecule has 0 aliphatic heterocycles. The summed E-state index contributed by atoms with van der Waals surface area (Å²) in [4.78, 5) is 0. The molecule has 0 aliphatic rings. The first-order valence-corrected chi connectivity index (χ1v) is 11.1. The number of rotatable bonds is 15. The van der Waals surface area contributed by atoms with Gasteiger partial charge in [0.25, 0.3) is 0 Å². The van der Waals surface area contributed by atoms with E-state index in [1.807, 2.05) is 12.4 Å². The Morgan fingerprint density at radius 2 is 1.08 bits per heavy atom. The minimum Gasteiger partial charge on any atom is -0.158 e. The largest absolute Gasteiger partial charge is 0.158 e. The summed E-state index contributed by atoms with van der Waals surface area (Å²) < 4.78 is 0. The molecule has 1 aromatic carbocycles. The molecule has 0 radical (unpaired) electrons. The van der Waals surface area contributed by atoms with E-state index in [9.17, 15) is 0 Å². The molecule has 0 N–H and O–H groups in total.